The van der Waals surface area contributed by atoms with Crippen LogP contribution in [0.5, 0.6) is 5.75 Å². The summed E-state index contributed by atoms with van der Waals surface area (Å²) >= 11 is 0. The van der Waals surface area contributed by atoms with Gasteiger partial charge in [-0.25, -0.2) is 0 Å². The van der Waals surface area contributed by atoms with E-state index in [-0.39, 0.29) is 0 Å². The molecule has 0 saturated carbocycles. The number of nitrogens with one attached hydrogen (secondary N) is 1. The molecule has 0 aliphatic carbocycles. The van der Waals surface area contributed by atoms with E-state index in [1.54, 1.807) is 24.2 Å². The molecular weight excluding hydrogens is 352 g/mol. The van der Waals surface area contributed by atoms with E-state index in [0.717, 1.165) is 32.9 Å². The van der Waals surface area contributed by atoms with Crippen molar-refractivity contribution in [1.29, 1.82) is 0 Å². The quantitative estimate of drug-likeness (QED) is 0.385. The molecule has 28 heavy (non-hydrogen) atoms. The number of fused-ring (bicyclic) bond motifs is 4. The highest BCUT2D eigenvalue weighted by Gasteiger charge is 2.10. The van der Waals surface area contributed by atoms with Crippen molar-refractivity contribution >= 4 is 39.2 Å². The highest BCUT2D eigenvalue weighted by atomic mass is 16.5. The maximum Gasteiger partial charge on any atom is 0.185 e. The largest absolute Gasteiger partial charge is 0.496 e. The summed E-state index contributed by atoms with van der Waals surface area (Å²) in [5.41, 5.74) is 4.67. The maximum absolute atomic E-state index is 5.52. The number of rotatable bonds is 4. The minimum Gasteiger partial charge on any atom is -0.496 e. The van der Waals surface area contributed by atoms with E-state index in [1.807, 2.05) is 48.5 Å². The van der Waals surface area contributed by atoms with Gasteiger partial charge in [-0.15, -0.1) is 15.3 Å². The van der Waals surface area contributed by atoms with Crippen LogP contribution < -0.4 is 10.2 Å². The van der Waals surface area contributed by atoms with Gasteiger partial charge in [-0.1, -0.05) is 54.6 Å². The lowest BCUT2D eigenvalue weighted by Crippen LogP contribution is -2.01. The molecule has 2 aromatic heterocycles. The first-order valence-corrected chi connectivity index (χ1v) is 8.79. The predicted octanol–water partition coefficient (Wildman–Crippen LogP) is 3.89. The van der Waals surface area contributed by atoms with Crippen LogP contribution in [0.3, 0.4) is 0 Å². The minimum absolute atomic E-state index is 0.623. The number of nitrogens with zero attached hydrogens (tertiary/aromatic N) is 5. The van der Waals surface area contributed by atoms with Gasteiger partial charge in [-0.05, 0) is 16.8 Å². The number of hydrazone groups is 1. The fraction of sp³-hybridized carbons (Fsp3) is 0.0476. The van der Waals surface area contributed by atoms with E-state index >= 15 is 0 Å². The van der Waals surface area contributed by atoms with Crippen molar-refractivity contribution in [3.63, 3.8) is 0 Å². The van der Waals surface area contributed by atoms with Crippen molar-refractivity contribution in [2.75, 3.05) is 12.5 Å². The zero-order valence-electron chi connectivity index (χ0n) is 15.1. The topological polar surface area (TPSA) is 76.7 Å². The van der Waals surface area contributed by atoms with Crippen LogP contribution in [-0.4, -0.2) is 33.1 Å². The lowest BCUT2D eigenvalue weighted by atomic mass is 10.0. The molecule has 0 aliphatic heterocycles. The summed E-state index contributed by atoms with van der Waals surface area (Å²) in [4.78, 5) is 0. The lowest BCUT2D eigenvalue weighted by Gasteiger charge is -2.09. The fourth-order valence-corrected chi connectivity index (χ4v) is 3.35. The van der Waals surface area contributed by atoms with Gasteiger partial charge in [0.1, 0.15) is 12.1 Å². The van der Waals surface area contributed by atoms with Crippen LogP contribution in [0, 0.1) is 0 Å². The van der Waals surface area contributed by atoms with Gasteiger partial charge in [-0.2, -0.15) is 9.62 Å². The molecule has 2 heterocycles. The normalized spacial score (nSPS) is 11.6. The van der Waals surface area contributed by atoms with E-state index in [2.05, 4.69) is 38.0 Å². The van der Waals surface area contributed by atoms with Gasteiger partial charge in [0.15, 0.2) is 11.5 Å². The minimum atomic E-state index is 0.623. The molecule has 5 rings (SSSR count). The smallest absolute Gasteiger partial charge is 0.185 e. The van der Waals surface area contributed by atoms with Crippen molar-refractivity contribution in [2.24, 2.45) is 5.10 Å². The highest BCUT2D eigenvalue weighted by Crippen LogP contribution is 2.27. The van der Waals surface area contributed by atoms with Crippen LogP contribution in [0.2, 0.25) is 0 Å². The van der Waals surface area contributed by atoms with Gasteiger partial charge < -0.3 is 4.74 Å². The molecule has 0 saturated heterocycles. The van der Waals surface area contributed by atoms with E-state index in [0.29, 0.717) is 11.5 Å². The molecule has 136 valence electrons. The third kappa shape index (κ3) is 2.61. The fourth-order valence-electron chi connectivity index (χ4n) is 3.35. The first kappa shape index (κ1) is 16.2. The van der Waals surface area contributed by atoms with Crippen LogP contribution in [0.25, 0.3) is 27.2 Å². The molecule has 0 unspecified atom stereocenters. The Hall–Kier alpha value is -4.00. The van der Waals surface area contributed by atoms with E-state index < -0.39 is 0 Å². The SMILES string of the molecule is COc1ccc2ccccc2c1C=NNc1nn2cnnc2c2ccccc12. The summed E-state index contributed by atoms with van der Waals surface area (Å²) in [6, 6.07) is 20.0. The van der Waals surface area contributed by atoms with E-state index in [4.69, 9.17) is 4.74 Å². The number of benzene rings is 3. The Bertz CT molecular complexity index is 1340. The van der Waals surface area contributed by atoms with Crippen molar-refractivity contribution in [2.45, 2.75) is 0 Å². The molecular formula is C21H16N6O. The second-order valence-corrected chi connectivity index (χ2v) is 6.27. The first-order chi connectivity index (χ1) is 13.8. The molecule has 7 heteroatoms. The zero-order valence-corrected chi connectivity index (χ0v) is 15.1. The van der Waals surface area contributed by atoms with Crippen LogP contribution in [0.15, 0.2) is 72.1 Å². The van der Waals surface area contributed by atoms with Gasteiger partial charge in [0.05, 0.1) is 13.3 Å². The first-order valence-electron chi connectivity index (χ1n) is 8.79. The Kier molecular flexibility index (Phi) is 3.83. The summed E-state index contributed by atoms with van der Waals surface area (Å²) < 4.78 is 7.16. The van der Waals surface area contributed by atoms with Crippen LogP contribution in [0.1, 0.15) is 5.56 Å². The number of hydrogen-bond donors (Lipinski definition) is 1. The molecule has 0 aliphatic rings. The molecule has 3 aromatic carbocycles. The number of ether oxygens (including phenoxy) is 1. The molecule has 5 aromatic rings. The van der Waals surface area contributed by atoms with E-state index in [9.17, 15) is 0 Å². The Morgan fingerprint density at radius 1 is 0.964 bits per heavy atom. The van der Waals surface area contributed by atoms with Gasteiger partial charge >= 0.3 is 0 Å². The molecule has 0 amide bonds. The van der Waals surface area contributed by atoms with Crippen LogP contribution >= 0.6 is 0 Å². The number of anilines is 1. The van der Waals surface area contributed by atoms with Crippen LogP contribution in [0.4, 0.5) is 5.82 Å². The lowest BCUT2D eigenvalue weighted by molar-refractivity contribution is 0.415. The Morgan fingerprint density at radius 2 is 1.75 bits per heavy atom. The summed E-state index contributed by atoms with van der Waals surface area (Å²) in [5, 5.41) is 21.1. The molecule has 0 fully saturated rings. The van der Waals surface area contributed by atoms with Gasteiger partial charge in [0, 0.05) is 16.3 Å². The van der Waals surface area contributed by atoms with Gasteiger partial charge in [0.25, 0.3) is 0 Å². The van der Waals surface area contributed by atoms with Gasteiger partial charge in [-0.3, -0.25) is 5.43 Å². The van der Waals surface area contributed by atoms with Crippen molar-refractivity contribution in [3.8, 4) is 5.75 Å². The molecule has 0 radical (unpaired) electrons. The predicted molar refractivity (Wildman–Crippen MR) is 110 cm³/mol. The Morgan fingerprint density at radius 3 is 2.61 bits per heavy atom. The monoisotopic (exact) mass is 368 g/mol. The van der Waals surface area contributed by atoms with Crippen LogP contribution in [-0.2, 0) is 0 Å². The number of aromatic nitrogens is 4. The maximum atomic E-state index is 5.52. The molecule has 0 spiro atoms. The average Bonchev–Trinajstić information content (AvgIpc) is 3.22. The summed E-state index contributed by atoms with van der Waals surface area (Å²) in [7, 11) is 1.66. The van der Waals surface area contributed by atoms with Crippen molar-refractivity contribution in [1.82, 2.24) is 19.8 Å². The van der Waals surface area contributed by atoms with Crippen molar-refractivity contribution in [3.05, 3.63) is 72.6 Å². The molecule has 1 N–H and O–H groups in total. The zero-order chi connectivity index (χ0) is 18.9. The molecule has 7 nitrogen and oxygen atoms in total. The highest BCUT2D eigenvalue weighted by molar-refractivity contribution is 6.03. The van der Waals surface area contributed by atoms with Gasteiger partial charge in [0.2, 0.25) is 0 Å². The third-order valence-electron chi connectivity index (χ3n) is 4.68. The molecule has 0 atom stereocenters. The third-order valence-corrected chi connectivity index (χ3v) is 4.68. The average molecular weight is 368 g/mol. The molecule has 0 bridgehead atoms. The second kappa shape index (κ2) is 6.62. The number of hydrogen-bond acceptors (Lipinski definition) is 6. The number of methoxy groups -OCH3 is 1. The summed E-state index contributed by atoms with van der Waals surface area (Å²) in [6.45, 7) is 0. The standard InChI is InChI=1S/C21H16N6O/c1-28-19-11-10-14-6-2-3-7-15(14)18(19)12-22-24-20-16-8-4-5-9-17(16)21-25-23-13-27(21)26-20/h2-13H,1H3,(H,24,26). The second-order valence-electron chi connectivity index (χ2n) is 6.27. The summed E-state index contributed by atoms with van der Waals surface area (Å²) in [5.74, 6) is 1.38. The van der Waals surface area contributed by atoms with Crippen molar-refractivity contribution < 1.29 is 4.74 Å². The summed E-state index contributed by atoms with van der Waals surface area (Å²) in [6.07, 6.45) is 3.33. The Balaban J connectivity index is 1.58. The Labute approximate surface area is 160 Å². The van der Waals surface area contributed by atoms with E-state index in [1.165, 1.54) is 0 Å².